The van der Waals surface area contributed by atoms with Crippen LogP contribution >= 0.6 is 0 Å². The van der Waals surface area contributed by atoms with E-state index in [1.165, 1.54) is 12.1 Å². The number of nitrogens with two attached hydrogens (primary N) is 1. The molecule has 4 saturated heterocycles. The summed E-state index contributed by atoms with van der Waals surface area (Å²) in [5.41, 5.74) is 10.4. The maximum absolute atomic E-state index is 10.2. The molecule has 7 rings (SSSR count). The number of hydrogen-bond donors (Lipinski definition) is 2. The lowest BCUT2D eigenvalue weighted by molar-refractivity contribution is 0.124. The summed E-state index contributed by atoms with van der Waals surface area (Å²) in [6.07, 6.45) is 4.28. The van der Waals surface area contributed by atoms with E-state index in [4.69, 9.17) is 5.73 Å². The lowest BCUT2D eigenvalue weighted by Crippen LogP contribution is -2.69. The summed E-state index contributed by atoms with van der Waals surface area (Å²) >= 11 is 0. The van der Waals surface area contributed by atoms with E-state index in [0.717, 1.165) is 44.0 Å². The highest BCUT2D eigenvalue weighted by Crippen LogP contribution is 2.40. The van der Waals surface area contributed by atoms with Gasteiger partial charge in [-0.15, -0.1) is 10.2 Å². The average Bonchev–Trinajstić information content (AvgIpc) is 2.86. The van der Waals surface area contributed by atoms with Crippen LogP contribution in [-0.2, 0) is 0 Å². The number of nitrogen functional groups attached to an aromatic ring is 1. The molecule has 2 bridgehead atoms. The van der Waals surface area contributed by atoms with E-state index in [1.807, 2.05) is 24.4 Å². The Balaban J connectivity index is 1.17. The molecular weight excluding hydrogens is 438 g/mol. The van der Waals surface area contributed by atoms with Crippen molar-refractivity contribution in [2.45, 2.75) is 37.9 Å². The van der Waals surface area contributed by atoms with Gasteiger partial charge in [-0.2, -0.15) is 0 Å². The molecule has 178 valence electrons. The number of nitrogens with zero attached hydrogens (tertiary/aromatic N) is 6. The number of phenols is 1. The van der Waals surface area contributed by atoms with E-state index in [0.29, 0.717) is 35.2 Å². The van der Waals surface area contributed by atoms with Gasteiger partial charge in [0.15, 0.2) is 5.82 Å². The predicted molar refractivity (Wildman–Crippen MR) is 137 cm³/mol. The van der Waals surface area contributed by atoms with Crippen molar-refractivity contribution < 1.29 is 5.11 Å². The minimum Gasteiger partial charge on any atom is -0.507 e. The number of aromatic nitrogens is 3. The summed E-state index contributed by atoms with van der Waals surface area (Å²) < 4.78 is 0. The fraction of sp³-hybridized carbons (Fsp3) is 0.370. The third kappa shape index (κ3) is 4.02. The fourth-order valence-electron chi connectivity index (χ4n) is 5.38. The number of piperidine rings is 1. The first kappa shape index (κ1) is 21.7. The van der Waals surface area contributed by atoms with Crippen molar-refractivity contribution in [3.8, 4) is 28.8 Å². The van der Waals surface area contributed by atoms with Gasteiger partial charge in [0.05, 0.1) is 17.9 Å². The van der Waals surface area contributed by atoms with Gasteiger partial charge < -0.3 is 20.6 Å². The topological polar surface area (TPSA) is 94.6 Å². The first-order valence-corrected chi connectivity index (χ1v) is 12.2. The molecule has 3 unspecified atom stereocenters. The molecule has 0 spiro atoms. The Kier molecular flexibility index (Phi) is 5.42. The number of anilines is 3. The van der Waals surface area contributed by atoms with Crippen molar-refractivity contribution in [2.24, 2.45) is 0 Å². The first-order chi connectivity index (χ1) is 17.1. The normalized spacial score (nSPS) is 23.2. The van der Waals surface area contributed by atoms with Crippen LogP contribution in [0, 0.1) is 11.8 Å². The molecule has 35 heavy (non-hydrogen) atoms. The quantitative estimate of drug-likeness (QED) is 0.566. The van der Waals surface area contributed by atoms with Gasteiger partial charge in [0, 0.05) is 55.2 Å². The molecule has 4 aliphatic heterocycles. The predicted octanol–water partition coefficient (Wildman–Crippen LogP) is 2.74. The fourth-order valence-corrected chi connectivity index (χ4v) is 5.38. The number of fused-ring (bicyclic) bond motifs is 2. The minimum atomic E-state index is 0.182. The third-order valence-corrected chi connectivity index (χ3v) is 7.51. The first-order valence-electron chi connectivity index (χ1n) is 12.2. The molecule has 3 aromatic rings. The van der Waals surface area contributed by atoms with Crippen LogP contribution < -0.4 is 15.5 Å². The third-order valence-electron chi connectivity index (χ3n) is 7.51. The molecule has 0 saturated carbocycles. The van der Waals surface area contributed by atoms with Gasteiger partial charge in [-0.3, -0.25) is 4.90 Å². The highest BCUT2D eigenvalue weighted by molar-refractivity contribution is 5.74. The zero-order chi connectivity index (χ0) is 23.9. The molecule has 0 amide bonds. The van der Waals surface area contributed by atoms with Crippen molar-refractivity contribution in [3.05, 3.63) is 54.4 Å². The molecule has 4 fully saturated rings. The van der Waals surface area contributed by atoms with E-state index in [9.17, 15) is 5.11 Å². The number of pyridine rings is 1. The summed E-state index contributed by atoms with van der Waals surface area (Å²) in [5.74, 6) is 7.13. The molecule has 2 aromatic heterocycles. The second-order valence-electron chi connectivity index (χ2n) is 9.68. The van der Waals surface area contributed by atoms with Crippen molar-refractivity contribution in [3.63, 3.8) is 0 Å². The number of benzene rings is 1. The van der Waals surface area contributed by atoms with E-state index in [-0.39, 0.29) is 5.75 Å². The lowest BCUT2D eigenvalue weighted by atomic mass is 9.86. The molecule has 3 N–H and O–H groups in total. The van der Waals surface area contributed by atoms with Gasteiger partial charge in [0.2, 0.25) is 0 Å². The van der Waals surface area contributed by atoms with E-state index < -0.39 is 0 Å². The number of rotatable bonds is 4. The highest BCUT2D eigenvalue weighted by Gasteiger charge is 2.45. The molecular formula is C27H29N7O. The number of phenolic OH excluding ortho intramolecular Hbond substituents is 1. The maximum atomic E-state index is 10.2. The lowest BCUT2D eigenvalue weighted by Gasteiger charge is -2.58. The van der Waals surface area contributed by atoms with Crippen LogP contribution in [0.4, 0.5) is 17.2 Å². The standard InChI is InChI=1S/C27H29N7O/c1-18-9-12-32(18)11-4-5-19-13-20(8-10-29-19)34-21-14-22(34)17-33(16-21)25-15-24(30-31-27(25)28)23-6-2-3-7-26(23)35/h2-3,6-8,10,13,15,18,21-22,35H,9,11-12,14,16-17H2,1H3,(H2,28,31). The Bertz CT molecular complexity index is 1300. The smallest absolute Gasteiger partial charge is 0.169 e. The Hall–Kier alpha value is -3.83. The Morgan fingerprint density at radius 1 is 1.11 bits per heavy atom. The molecule has 6 heterocycles. The van der Waals surface area contributed by atoms with Crippen LogP contribution in [0.1, 0.15) is 25.5 Å². The van der Waals surface area contributed by atoms with Gasteiger partial charge in [-0.05, 0) is 56.0 Å². The van der Waals surface area contributed by atoms with Crippen LogP contribution in [0.2, 0.25) is 0 Å². The average molecular weight is 468 g/mol. The Labute approximate surface area is 205 Å². The summed E-state index contributed by atoms with van der Waals surface area (Å²) in [5, 5.41) is 18.7. The Morgan fingerprint density at radius 2 is 1.94 bits per heavy atom. The molecule has 1 aromatic carbocycles. The molecule has 3 atom stereocenters. The Morgan fingerprint density at radius 3 is 2.69 bits per heavy atom. The minimum absolute atomic E-state index is 0.182. The van der Waals surface area contributed by atoms with Gasteiger partial charge in [-0.1, -0.05) is 18.1 Å². The second-order valence-corrected chi connectivity index (χ2v) is 9.68. The van der Waals surface area contributed by atoms with Crippen LogP contribution in [0.3, 0.4) is 0 Å². The van der Waals surface area contributed by atoms with Gasteiger partial charge >= 0.3 is 0 Å². The van der Waals surface area contributed by atoms with E-state index in [1.54, 1.807) is 12.1 Å². The molecule has 8 heteroatoms. The van der Waals surface area contributed by atoms with Crippen LogP contribution in [0.25, 0.3) is 11.3 Å². The van der Waals surface area contributed by atoms with Crippen LogP contribution in [0.15, 0.2) is 48.7 Å². The largest absolute Gasteiger partial charge is 0.507 e. The number of para-hydroxylation sites is 1. The van der Waals surface area contributed by atoms with Crippen molar-refractivity contribution in [2.75, 3.05) is 41.7 Å². The van der Waals surface area contributed by atoms with Gasteiger partial charge in [0.25, 0.3) is 0 Å². The zero-order valence-corrected chi connectivity index (χ0v) is 19.8. The highest BCUT2D eigenvalue weighted by atomic mass is 16.3. The SMILES string of the molecule is CC1CCN1CC#Cc1cc(N2C3CC2CN(c2cc(-c4ccccc4O)nnc2N)C3)ccn1. The summed E-state index contributed by atoms with van der Waals surface area (Å²) in [4.78, 5) is 11.6. The molecule has 0 radical (unpaired) electrons. The zero-order valence-electron chi connectivity index (χ0n) is 19.8. The maximum Gasteiger partial charge on any atom is 0.169 e. The summed E-state index contributed by atoms with van der Waals surface area (Å²) in [6, 6.07) is 14.7. The number of hydrogen-bond acceptors (Lipinski definition) is 8. The van der Waals surface area contributed by atoms with Crippen molar-refractivity contribution >= 4 is 17.2 Å². The summed E-state index contributed by atoms with van der Waals surface area (Å²) in [7, 11) is 0. The molecule has 8 nitrogen and oxygen atoms in total. The van der Waals surface area contributed by atoms with Crippen molar-refractivity contribution in [1.29, 1.82) is 0 Å². The number of aromatic hydroxyl groups is 1. The number of likely N-dealkylation sites (tertiary alicyclic amines) is 1. The second kappa shape index (κ2) is 8.75. The summed E-state index contributed by atoms with van der Waals surface area (Å²) in [6.45, 7) is 5.90. The van der Waals surface area contributed by atoms with Crippen molar-refractivity contribution in [1.82, 2.24) is 20.1 Å². The monoisotopic (exact) mass is 467 g/mol. The van der Waals surface area contributed by atoms with E-state index >= 15 is 0 Å². The van der Waals surface area contributed by atoms with Gasteiger partial charge in [0.1, 0.15) is 11.4 Å². The molecule has 0 aliphatic carbocycles. The van der Waals surface area contributed by atoms with Crippen LogP contribution in [-0.4, -0.2) is 69.5 Å². The molecule has 4 aliphatic rings. The van der Waals surface area contributed by atoms with Gasteiger partial charge in [-0.25, -0.2) is 4.98 Å². The number of piperazine rings is 1. The van der Waals surface area contributed by atoms with Crippen LogP contribution in [0.5, 0.6) is 5.75 Å². The van der Waals surface area contributed by atoms with E-state index in [2.05, 4.69) is 60.8 Å².